The number of aryl methyl sites for hydroxylation is 2. The van der Waals surface area contributed by atoms with Crippen molar-refractivity contribution in [1.29, 1.82) is 0 Å². The summed E-state index contributed by atoms with van der Waals surface area (Å²) in [5.74, 6) is -0.739. The van der Waals surface area contributed by atoms with Crippen LogP contribution in [-0.2, 0) is 16.0 Å². The molecule has 1 aliphatic carbocycles. The second-order valence-electron chi connectivity index (χ2n) is 10.9. The smallest absolute Gasteiger partial charge is 0.469 e. The number of pyridine rings is 1. The maximum atomic E-state index is 12.6. The van der Waals surface area contributed by atoms with Crippen LogP contribution in [0.3, 0.4) is 0 Å². The number of nitrogens with one attached hydrogen (secondary N) is 2. The van der Waals surface area contributed by atoms with Gasteiger partial charge in [0.15, 0.2) is 0 Å². The summed E-state index contributed by atoms with van der Waals surface area (Å²) in [5.41, 5.74) is 2.95. The van der Waals surface area contributed by atoms with E-state index in [-0.39, 0.29) is 37.1 Å². The van der Waals surface area contributed by atoms with E-state index in [0.717, 1.165) is 4.70 Å². The lowest BCUT2D eigenvalue weighted by molar-refractivity contribution is -0.274. The van der Waals surface area contributed by atoms with Crippen molar-refractivity contribution in [2.45, 2.75) is 63.8 Å². The van der Waals surface area contributed by atoms with Gasteiger partial charge in [-0.05, 0) is 44.0 Å². The Hall–Kier alpha value is -4.12. The van der Waals surface area contributed by atoms with Crippen LogP contribution in [0.1, 0.15) is 42.8 Å². The van der Waals surface area contributed by atoms with Crippen LogP contribution < -0.4 is 15.4 Å². The average Bonchev–Trinajstić information content (AvgIpc) is 3.55. The lowest BCUT2D eigenvalue weighted by atomic mass is 10.1. The molecule has 1 aliphatic rings. The number of alkyl halides is 3. The number of esters is 1. The number of carbonyl (C=O) groups excluding carboxylic acids is 1. The van der Waals surface area contributed by atoms with E-state index in [0.29, 0.717) is 45.3 Å². The van der Waals surface area contributed by atoms with Gasteiger partial charge < -0.3 is 35.4 Å². The van der Waals surface area contributed by atoms with Gasteiger partial charge in [0.2, 0.25) is 5.95 Å². The molecule has 5 N–H and O–H groups in total. The molecule has 0 radical (unpaired) electrons. The predicted octanol–water partition coefficient (Wildman–Crippen LogP) is 4.15. The third kappa shape index (κ3) is 7.46. The molecule has 4 aromatic rings. The number of rotatable bonds is 11. The topological polar surface area (TPSA) is 172 Å². The van der Waals surface area contributed by atoms with Crippen LogP contribution in [0.4, 0.5) is 24.9 Å². The zero-order valence-electron chi connectivity index (χ0n) is 25.1. The molecule has 1 saturated carbocycles. The van der Waals surface area contributed by atoms with Crippen LogP contribution in [-0.4, -0.2) is 79.6 Å². The fraction of sp³-hybridized carbons (Fsp3) is 0.433. The summed E-state index contributed by atoms with van der Waals surface area (Å²) in [6.07, 6.45) is -4.75. The summed E-state index contributed by atoms with van der Waals surface area (Å²) < 4.78 is 47.3. The number of fused-ring (bicyclic) bond motifs is 1. The van der Waals surface area contributed by atoms with Gasteiger partial charge in [0.25, 0.3) is 0 Å². The molecule has 3 heterocycles. The lowest BCUT2D eigenvalue weighted by Gasteiger charge is -2.22. The standard InChI is InChI=1S/C30H33F3N6O6S/c1-14(16-4-6-18(7-5-16)45-30(31,32)33)35-29-36-15(2)23(27(39-29)37-20-12-17(13-40)25(42)26(20)43)28-38-24-19(8-9-22(41)44-3)34-11-10-21(24)46-28/h4-7,10-11,14,17,20,25-26,40,42-43H,8-9,12-13H2,1-3H3,(H2,35,36,37,39)/t14-,17-,20-,25-,26+/m1/s1. The Kier molecular flexibility index (Phi) is 9.91. The Balaban J connectivity index is 1.49. The molecule has 0 unspecified atom stereocenters. The highest BCUT2D eigenvalue weighted by Gasteiger charge is 2.41. The molecule has 5 atom stereocenters. The van der Waals surface area contributed by atoms with Crippen molar-refractivity contribution in [3.05, 3.63) is 53.5 Å². The van der Waals surface area contributed by atoms with Crippen LogP contribution in [0, 0.1) is 12.8 Å². The Morgan fingerprint density at radius 2 is 1.87 bits per heavy atom. The number of halogens is 3. The summed E-state index contributed by atoms with van der Waals surface area (Å²) in [7, 11) is 1.32. The summed E-state index contributed by atoms with van der Waals surface area (Å²) >= 11 is 1.37. The second kappa shape index (κ2) is 13.7. The van der Waals surface area contributed by atoms with Crippen LogP contribution >= 0.6 is 11.3 Å². The van der Waals surface area contributed by atoms with Crippen LogP contribution in [0.5, 0.6) is 5.75 Å². The van der Waals surface area contributed by atoms with Gasteiger partial charge in [-0.25, -0.2) is 9.97 Å². The van der Waals surface area contributed by atoms with E-state index >= 15 is 0 Å². The quantitative estimate of drug-likeness (QED) is 0.146. The van der Waals surface area contributed by atoms with Gasteiger partial charge in [-0.1, -0.05) is 12.1 Å². The molecule has 0 spiro atoms. The van der Waals surface area contributed by atoms with Gasteiger partial charge in [-0.3, -0.25) is 9.78 Å². The highest BCUT2D eigenvalue weighted by Crippen LogP contribution is 2.39. The maximum absolute atomic E-state index is 12.6. The first-order chi connectivity index (χ1) is 21.9. The summed E-state index contributed by atoms with van der Waals surface area (Å²) in [6.45, 7) is 3.25. The fourth-order valence-electron chi connectivity index (χ4n) is 5.38. The minimum absolute atomic E-state index is 0.134. The number of benzene rings is 1. The average molecular weight is 663 g/mol. The first kappa shape index (κ1) is 33.2. The number of nitrogens with zero attached hydrogens (tertiary/aromatic N) is 4. The number of methoxy groups -OCH3 is 1. The molecule has 0 bridgehead atoms. The molecule has 246 valence electrons. The third-order valence-electron chi connectivity index (χ3n) is 7.80. The van der Waals surface area contributed by atoms with E-state index < -0.39 is 36.6 Å². The molecule has 1 fully saturated rings. The van der Waals surface area contributed by atoms with E-state index in [1.165, 1.54) is 42.7 Å². The minimum atomic E-state index is -4.80. The van der Waals surface area contributed by atoms with Crippen molar-refractivity contribution in [2.75, 3.05) is 24.4 Å². The first-order valence-corrected chi connectivity index (χ1v) is 15.2. The Morgan fingerprint density at radius 1 is 1.13 bits per heavy atom. The first-order valence-electron chi connectivity index (χ1n) is 14.4. The maximum Gasteiger partial charge on any atom is 0.573 e. The molecule has 1 aromatic carbocycles. The fourth-order valence-corrected chi connectivity index (χ4v) is 6.46. The number of hydrogen-bond acceptors (Lipinski definition) is 13. The number of anilines is 2. The monoisotopic (exact) mass is 662 g/mol. The molecular formula is C30H33F3N6O6S. The van der Waals surface area contributed by atoms with Crippen LogP contribution in [0.25, 0.3) is 20.8 Å². The molecule has 5 rings (SSSR count). The third-order valence-corrected chi connectivity index (χ3v) is 8.84. The molecule has 0 amide bonds. The van der Waals surface area contributed by atoms with Crippen molar-refractivity contribution in [2.24, 2.45) is 5.92 Å². The van der Waals surface area contributed by atoms with Gasteiger partial charge in [0, 0.05) is 25.1 Å². The Morgan fingerprint density at radius 3 is 2.52 bits per heavy atom. The number of aromatic nitrogens is 4. The summed E-state index contributed by atoms with van der Waals surface area (Å²) in [4.78, 5) is 30.4. The van der Waals surface area contributed by atoms with E-state index in [9.17, 15) is 33.3 Å². The van der Waals surface area contributed by atoms with Crippen molar-refractivity contribution >= 4 is 39.3 Å². The van der Waals surface area contributed by atoms with E-state index in [4.69, 9.17) is 14.7 Å². The zero-order chi connectivity index (χ0) is 33.2. The molecule has 0 aliphatic heterocycles. The zero-order valence-corrected chi connectivity index (χ0v) is 25.9. The summed E-state index contributed by atoms with van der Waals surface area (Å²) in [5, 5.41) is 37.9. The Labute approximate surface area is 265 Å². The number of hydrogen-bond donors (Lipinski definition) is 5. The van der Waals surface area contributed by atoms with Crippen molar-refractivity contribution in [3.63, 3.8) is 0 Å². The lowest BCUT2D eigenvalue weighted by Crippen LogP contribution is -2.35. The normalized spacial score (nSPS) is 20.5. The van der Waals surface area contributed by atoms with Gasteiger partial charge in [-0.2, -0.15) is 4.98 Å². The second-order valence-corrected chi connectivity index (χ2v) is 12.0. The van der Waals surface area contributed by atoms with E-state index in [1.807, 2.05) is 6.07 Å². The summed E-state index contributed by atoms with van der Waals surface area (Å²) in [6, 6.07) is 6.16. The number of aliphatic hydroxyl groups is 3. The highest BCUT2D eigenvalue weighted by atomic mass is 32.1. The molecule has 16 heteroatoms. The highest BCUT2D eigenvalue weighted by molar-refractivity contribution is 7.21. The van der Waals surface area contributed by atoms with Gasteiger partial charge in [-0.15, -0.1) is 24.5 Å². The minimum Gasteiger partial charge on any atom is -0.469 e. The largest absolute Gasteiger partial charge is 0.573 e. The van der Waals surface area contributed by atoms with Gasteiger partial charge >= 0.3 is 12.3 Å². The molecular weight excluding hydrogens is 629 g/mol. The van der Waals surface area contributed by atoms with Crippen LogP contribution in [0.2, 0.25) is 0 Å². The van der Waals surface area contributed by atoms with Crippen molar-refractivity contribution in [1.82, 2.24) is 19.9 Å². The number of thiazole rings is 1. The van der Waals surface area contributed by atoms with Crippen molar-refractivity contribution in [3.8, 4) is 16.3 Å². The van der Waals surface area contributed by atoms with E-state index in [1.54, 1.807) is 20.0 Å². The SMILES string of the molecule is COC(=O)CCc1nccc2sc(-c3c(C)nc(N[C@H](C)c4ccc(OC(F)(F)F)cc4)nc3N[C@@H]3C[C@H](CO)[C@@H](O)[C@H]3O)nc12. The van der Waals surface area contributed by atoms with Gasteiger partial charge in [0.1, 0.15) is 28.2 Å². The van der Waals surface area contributed by atoms with Gasteiger partial charge in [0.05, 0.1) is 53.4 Å². The van der Waals surface area contributed by atoms with Crippen LogP contribution in [0.15, 0.2) is 36.5 Å². The predicted molar refractivity (Wildman–Crippen MR) is 163 cm³/mol. The molecule has 3 aromatic heterocycles. The number of aliphatic hydroxyl groups excluding tert-OH is 3. The molecule has 46 heavy (non-hydrogen) atoms. The molecule has 12 nitrogen and oxygen atoms in total. The van der Waals surface area contributed by atoms with E-state index in [2.05, 4.69) is 25.3 Å². The Bertz CT molecular complexity index is 1690. The molecule has 0 saturated heterocycles. The van der Waals surface area contributed by atoms with Crippen molar-refractivity contribution < 1.29 is 42.8 Å². The number of ether oxygens (including phenoxy) is 2. The number of carbonyl (C=O) groups is 1.